The molecular formula is C13H23NO3. The summed E-state index contributed by atoms with van der Waals surface area (Å²) >= 11 is 0. The molecule has 17 heavy (non-hydrogen) atoms. The number of hydrogen-bond donors (Lipinski definition) is 1. The second-order valence-electron chi connectivity index (χ2n) is 5.37. The van der Waals surface area contributed by atoms with Gasteiger partial charge in [-0.2, -0.15) is 0 Å². The van der Waals surface area contributed by atoms with Gasteiger partial charge >= 0.3 is 5.97 Å². The van der Waals surface area contributed by atoms with Gasteiger partial charge in [-0.05, 0) is 32.2 Å². The molecule has 1 aliphatic heterocycles. The Balaban J connectivity index is 1.83. The molecule has 0 aromatic rings. The van der Waals surface area contributed by atoms with Crippen LogP contribution in [0.4, 0.5) is 0 Å². The number of hydrogen-bond acceptors (Lipinski definition) is 4. The zero-order valence-electron chi connectivity index (χ0n) is 10.8. The van der Waals surface area contributed by atoms with E-state index in [1.54, 1.807) is 0 Å². The van der Waals surface area contributed by atoms with Gasteiger partial charge in [0.05, 0.1) is 19.1 Å². The zero-order valence-corrected chi connectivity index (χ0v) is 10.8. The Morgan fingerprint density at radius 2 is 2.18 bits per heavy atom. The fourth-order valence-corrected chi connectivity index (χ4v) is 2.81. The summed E-state index contributed by atoms with van der Waals surface area (Å²) in [7, 11) is 1.86. The van der Waals surface area contributed by atoms with E-state index in [1.165, 1.54) is 12.8 Å². The molecule has 4 nitrogen and oxygen atoms in total. The highest BCUT2D eigenvalue weighted by Gasteiger charge is 2.35. The van der Waals surface area contributed by atoms with Gasteiger partial charge in [0.2, 0.25) is 0 Å². The van der Waals surface area contributed by atoms with E-state index in [0.29, 0.717) is 19.1 Å². The molecule has 0 aromatic carbocycles. The minimum Gasteiger partial charge on any atom is -0.462 e. The zero-order chi connectivity index (χ0) is 12.3. The number of esters is 1. The van der Waals surface area contributed by atoms with Gasteiger partial charge in [-0.1, -0.05) is 13.3 Å². The average Bonchev–Trinajstić information content (AvgIpc) is 2.77. The standard InChI is InChI=1S/C13H23NO3/c1-9-4-3-5-10(6-9)17-13(15)11-7-16-8-12(11)14-2/h9-12,14H,3-8H2,1-2H3. The van der Waals surface area contributed by atoms with Crippen molar-refractivity contribution in [3.8, 4) is 0 Å². The second kappa shape index (κ2) is 5.83. The van der Waals surface area contributed by atoms with E-state index in [2.05, 4.69) is 12.2 Å². The van der Waals surface area contributed by atoms with Crippen molar-refractivity contribution >= 4 is 5.97 Å². The number of likely N-dealkylation sites (N-methyl/N-ethyl adjacent to an activating group) is 1. The Bertz CT molecular complexity index is 269. The van der Waals surface area contributed by atoms with Crippen molar-refractivity contribution in [1.29, 1.82) is 0 Å². The molecule has 0 bridgehead atoms. The Kier molecular flexibility index (Phi) is 4.40. The fraction of sp³-hybridized carbons (Fsp3) is 0.923. The minimum atomic E-state index is -0.128. The normalized spacial score (nSPS) is 38.0. The molecule has 4 unspecified atom stereocenters. The molecule has 4 atom stereocenters. The van der Waals surface area contributed by atoms with Crippen molar-refractivity contribution < 1.29 is 14.3 Å². The summed E-state index contributed by atoms with van der Waals surface area (Å²) in [5, 5.41) is 3.12. The Morgan fingerprint density at radius 1 is 1.35 bits per heavy atom. The van der Waals surface area contributed by atoms with Crippen molar-refractivity contribution in [1.82, 2.24) is 5.32 Å². The lowest BCUT2D eigenvalue weighted by Gasteiger charge is -2.28. The molecule has 1 heterocycles. The molecule has 2 fully saturated rings. The summed E-state index contributed by atoms with van der Waals surface area (Å²) in [4.78, 5) is 12.0. The monoisotopic (exact) mass is 241 g/mol. The highest BCUT2D eigenvalue weighted by Crippen LogP contribution is 2.27. The lowest BCUT2D eigenvalue weighted by molar-refractivity contribution is -0.156. The van der Waals surface area contributed by atoms with E-state index in [0.717, 1.165) is 12.8 Å². The van der Waals surface area contributed by atoms with Crippen LogP contribution < -0.4 is 5.32 Å². The van der Waals surface area contributed by atoms with Crippen molar-refractivity contribution in [2.45, 2.75) is 44.8 Å². The van der Waals surface area contributed by atoms with Crippen LogP contribution in [0.25, 0.3) is 0 Å². The van der Waals surface area contributed by atoms with Gasteiger partial charge in [0, 0.05) is 6.04 Å². The van der Waals surface area contributed by atoms with Crippen LogP contribution in [-0.4, -0.2) is 38.4 Å². The summed E-state index contributed by atoms with van der Waals surface area (Å²) in [5.74, 6) is 0.472. The van der Waals surface area contributed by atoms with Crippen LogP contribution in [0.1, 0.15) is 32.6 Å². The SMILES string of the molecule is CNC1COCC1C(=O)OC1CCCC(C)C1. The van der Waals surface area contributed by atoms with Gasteiger partial charge in [-0.15, -0.1) is 0 Å². The smallest absolute Gasteiger partial charge is 0.313 e. The Hall–Kier alpha value is -0.610. The number of rotatable bonds is 3. The van der Waals surface area contributed by atoms with Crippen molar-refractivity contribution in [3.63, 3.8) is 0 Å². The van der Waals surface area contributed by atoms with Crippen LogP contribution in [-0.2, 0) is 14.3 Å². The van der Waals surface area contributed by atoms with E-state index in [9.17, 15) is 4.79 Å². The van der Waals surface area contributed by atoms with Crippen molar-refractivity contribution in [2.24, 2.45) is 11.8 Å². The predicted molar refractivity (Wildman–Crippen MR) is 64.7 cm³/mol. The van der Waals surface area contributed by atoms with E-state index < -0.39 is 0 Å². The van der Waals surface area contributed by atoms with Crippen LogP contribution in [0.2, 0.25) is 0 Å². The van der Waals surface area contributed by atoms with E-state index in [4.69, 9.17) is 9.47 Å². The van der Waals surface area contributed by atoms with Crippen LogP contribution in [0, 0.1) is 11.8 Å². The lowest BCUT2D eigenvalue weighted by Crippen LogP contribution is -2.39. The van der Waals surface area contributed by atoms with Gasteiger partial charge in [-0.25, -0.2) is 0 Å². The summed E-state index contributed by atoms with van der Waals surface area (Å²) in [6.45, 7) is 3.33. The molecule has 1 aliphatic carbocycles. The third-order valence-electron chi connectivity index (χ3n) is 3.93. The second-order valence-corrected chi connectivity index (χ2v) is 5.37. The summed E-state index contributed by atoms with van der Waals surface area (Å²) in [5.41, 5.74) is 0. The lowest BCUT2D eigenvalue weighted by atomic mass is 9.88. The van der Waals surface area contributed by atoms with Crippen LogP contribution in [0.5, 0.6) is 0 Å². The molecule has 1 saturated carbocycles. The van der Waals surface area contributed by atoms with Crippen LogP contribution in [0.15, 0.2) is 0 Å². The fourth-order valence-electron chi connectivity index (χ4n) is 2.81. The molecule has 4 heteroatoms. The largest absolute Gasteiger partial charge is 0.462 e. The summed E-state index contributed by atoms with van der Waals surface area (Å²) in [6, 6.07) is 0.114. The van der Waals surface area contributed by atoms with E-state index in [1.807, 2.05) is 7.05 Å². The van der Waals surface area contributed by atoms with Crippen molar-refractivity contribution in [2.75, 3.05) is 20.3 Å². The predicted octanol–water partition coefficient (Wildman–Crippen LogP) is 1.34. The highest BCUT2D eigenvalue weighted by molar-refractivity contribution is 5.74. The highest BCUT2D eigenvalue weighted by atomic mass is 16.5. The van der Waals surface area contributed by atoms with Gasteiger partial charge in [0.15, 0.2) is 0 Å². The molecule has 98 valence electrons. The first-order valence-electron chi connectivity index (χ1n) is 6.66. The summed E-state index contributed by atoms with van der Waals surface area (Å²) in [6.07, 6.45) is 4.61. The first-order valence-corrected chi connectivity index (χ1v) is 6.66. The van der Waals surface area contributed by atoms with Crippen molar-refractivity contribution in [3.05, 3.63) is 0 Å². The topological polar surface area (TPSA) is 47.6 Å². The number of carbonyl (C=O) groups is 1. The minimum absolute atomic E-state index is 0.0825. The Labute approximate surface area is 103 Å². The first kappa shape index (κ1) is 12.8. The van der Waals surface area contributed by atoms with Crippen LogP contribution in [0.3, 0.4) is 0 Å². The van der Waals surface area contributed by atoms with Gasteiger partial charge in [-0.3, -0.25) is 4.79 Å². The van der Waals surface area contributed by atoms with E-state index >= 15 is 0 Å². The Morgan fingerprint density at radius 3 is 2.88 bits per heavy atom. The average molecular weight is 241 g/mol. The number of ether oxygens (including phenoxy) is 2. The molecule has 0 amide bonds. The molecule has 1 N–H and O–H groups in total. The van der Waals surface area contributed by atoms with Gasteiger partial charge in [0.25, 0.3) is 0 Å². The third kappa shape index (κ3) is 3.19. The maximum absolute atomic E-state index is 12.0. The maximum Gasteiger partial charge on any atom is 0.313 e. The van der Waals surface area contributed by atoms with E-state index in [-0.39, 0.29) is 24.0 Å². The third-order valence-corrected chi connectivity index (χ3v) is 3.93. The molecule has 2 rings (SSSR count). The van der Waals surface area contributed by atoms with Gasteiger partial charge in [0.1, 0.15) is 6.10 Å². The first-order chi connectivity index (χ1) is 8.20. The molecule has 0 spiro atoms. The quantitative estimate of drug-likeness (QED) is 0.758. The molecule has 1 saturated heterocycles. The number of nitrogens with one attached hydrogen (secondary N) is 1. The van der Waals surface area contributed by atoms with Gasteiger partial charge < -0.3 is 14.8 Å². The number of carbonyl (C=O) groups excluding carboxylic acids is 1. The molecular weight excluding hydrogens is 218 g/mol. The maximum atomic E-state index is 12.0. The molecule has 0 aromatic heterocycles. The summed E-state index contributed by atoms with van der Waals surface area (Å²) < 4.78 is 10.9. The molecule has 2 aliphatic rings. The van der Waals surface area contributed by atoms with Crippen LogP contribution >= 0.6 is 0 Å². The molecule has 0 radical (unpaired) electrons.